The Morgan fingerprint density at radius 3 is 1.79 bits per heavy atom. The van der Waals surface area contributed by atoms with E-state index in [1.807, 2.05) is 0 Å². The molecule has 6 aromatic carbocycles. The van der Waals surface area contributed by atoms with Crippen molar-refractivity contribution in [2.45, 2.75) is 19.8 Å². The standard InChI is InChI=1S/C36H30N2/c1-22(2)30-20-31-34(27-19-11-13-23-12-5-6-14-24(23)27)32-21-33(38(3)4)26-16-8-10-18-29(26)36(32)37-35(31)28-17-9-7-15-25(28)30/h5-22H,1-4H3. The first kappa shape index (κ1) is 22.7. The van der Waals surface area contributed by atoms with E-state index < -0.39 is 0 Å². The third kappa shape index (κ3) is 3.30. The molecule has 0 unspecified atom stereocenters. The summed E-state index contributed by atoms with van der Waals surface area (Å²) in [5, 5.41) is 9.86. The number of nitrogens with zero attached hydrogens (tertiary/aromatic N) is 2. The van der Waals surface area contributed by atoms with Gasteiger partial charge in [0, 0.05) is 52.3 Å². The van der Waals surface area contributed by atoms with Crippen LogP contribution in [0.2, 0.25) is 0 Å². The molecule has 2 nitrogen and oxygen atoms in total. The van der Waals surface area contributed by atoms with E-state index in [9.17, 15) is 0 Å². The Labute approximate surface area is 223 Å². The molecule has 0 atom stereocenters. The third-order valence-corrected chi connectivity index (χ3v) is 7.97. The molecule has 1 heterocycles. The average molecular weight is 491 g/mol. The summed E-state index contributed by atoms with van der Waals surface area (Å²) >= 11 is 0. The van der Waals surface area contributed by atoms with E-state index in [0.29, 0.717) is 5.92 Å². The molecule has 0 aliphatic rings. The fourth-order valence-electron chi connectivity index (χ4n) is 6.19. The first-order chi connectivity index (χ1) is 18.5. The Morgan fingerprint density at radius 2 is 1.11 bits per heavy atom. The fraction of sp³-hybridized carbons (Fsp3) is 0.139. The molecular formula is C36H30N2. The van der Waals surface area contributed by atoms with Crippen molar-refractivity contribution in [3.63, 3.8) is 0 Å². The zero-order chi connectivity index (χ0) is 26.0. The number of hydrogen-bond acceptors (Lipinski definition) is 2. The van der Waals surface area contributed by atoms with Crippen molar-refractivity contribution in [3.8, 4) is 11.1 Å². The van der Waals surface area contributed by atoms with Crippen molar-refractivity contribution in [2.24, 2.45) is 0 Å². The smallest absolute Gasteiger partial charge is 0.0796 e. The molecule has 0 saturated carbocycles. The van der Waals surface area contributed by atoms with E-state index in [2.05, 4.69) is 136 Å². The highest BCUT2D eigenvalue weighted by Gasteiger charge is 2.20. The Bertz CT molecular complexity index is 1920. The van der Waals surface area contributed by atoms with Crippen LogP contribution in [0.1, 0.15) is 25.3 Å². The summed E-state index contributed by atoms with van der Waals surface area (Å²) in [5.74, 6) is 0.398. The van der Waals surface area contributed by atoms with Crippen LogP contribution in [0.15, 0.2) is 103 Å². The minimum Gasteiger partial charge on any atom is -0.377 e. The van der Waals surface area contributed by atoms with Gasteiger partial charge in [-0.25, -0.2) is 4.98 Å². The maximum Gasteiger partial charge on any atom is 0.0796 e. The second kappa shape index (κ2) is 8.56. The van der Waals surface area contributed by atoms with Gasteiger partial charge < -0.3 is 4.90 Å². The van der Waals surface area contributed by atoms with Crippen molar-refractivity contribution in [1.82, 2.24) is 4.98 Å². The van der Waals surface area contributed by atoms with Crippen LogP contribution in [-0.4, -0.2) is 19.1 Å². The van der Waals surface area contributed by atoms with Gasteiger partial charge >= 0.3 is 0 Å². The van der Waals surface area contributed by atoms with Crippen LogP contribution < -0.4 is 4.90 Å². The normalized spacial score (nSPS) is 11.9. The van der Waals surface area contributed by atoms with Crippen LogP contribution in [0.3, 0.4) is 0 Å². The Hall–Kier alpha value is -4.43. The summed E-state index contributed by atoms with van der Waals surface area (Å²) in [5.41, 5.74) is 7.23. The molecule has 0 radical (unpaired) electrons. The van der Waals surface area contributed by atoms with Gasteiger partial charge in [0.15, 0.2) is 0 Å². The van der Waals surface area contributed by atoms with Gasteiger partial charge in [0.2, 0.25) is 0 Å². The molecule has 7 aromatic rings. The van der Waals surface area contributed by atoms with Crippen molar-refractivity contribution in [3.05, 3.63) is 109 Å². The number of rotatable bonds is 3. The molecule has 1 aromatic heterocycles. The van der Waals surface area contributed by atoms with Gasteiger partial charge in [0.1, 0.15) is 0 Å². The van der Waals surface area contributed by atoms with Gasteiger partial charge in [-0.3, -0.25) is 0 Å². The number of benzene rings is 6. The fourth-order valence-corrected chi connectivity index (χ4v) is 6.19. The van der Waals surface area contributed by atoms with Crippen LogP contribution in [0, 0.1) is 0 Å². The lowest BCUT2D eigenvalue weighted by Gasteiger charge is -2.22. The minimum atomic E-state index is 0.398. The summed E-state index contributed by atoms with van der Waals surface area (Å²) in [7, 11) is 4.26. The predicted octanol–water partition coefficient (Wildman–Crippen LogP) is 9.70. The number of anilines is 1. The zero-order valence-electron chi connectivity index (χ0n) is 22.3. The van der Waals surface area contributed by atoms with Gasteiger partial charge in [-0.2, -0.15) is 0 Å². The van der Waals surface area contributed by atoms with Gasteiger partial charge in [-0.15, -0.1) is 0 Å². The molecule has 0 aliphatic heterocycles. The topological polar surface area (TPSA) is 16.1 Å². The van der Waals surface area contributed by atoms with Crippen molar-refractivity contribution < 1.29 is 0 Å². The van der Waals surface area contributed by atoms with E-state index >= 15 is 0 Å². The molecule has 184 valence electrons. The molecule has 7 rings (SSSR count). The van der Waals surface area contributed by atoms with Crippen molar-refractivity contribution in [1.29, 1.82) is 0 Å². The summed E-state index contributed by atoms with van der Waals surface area (Å²) in [6.45, 7) is 4.58. The van der Waals surface area contributed by atoms with E-state index in [1.54, 1.807) is 0 Å². The molecule has 0 N–H and O–H groups in total. The molecule has 0 saturated heterocycles. The Balaban J connectivity index is 1.81. The molecule has 2 heteroatoms. The number of aromatic nitrogens is 1. The molecular weight excluding hydrogens is 460 g/mol. The average Bonchev–Trinajstić information content (AvgIpc) is 2.94. The van der Waals surface area contributed by atoms with Crippen LogP contribution >= 0.6 is 0 Å². The lowest BCUT2D eigenvalue weighted by molar-refractivity contribution is 0.878. The van der Waals surface area contributed by atoms with Gasteiger partial charge in [0.05, 0.1) is 11.0 Å². The molecule has 0 fully saturated rings. The SMILES string of the molecule is CC(C)c1cc2c(-c3cccc4ccccc34)c3cc(N(C)C)c4ccccc4c3nc2c2ccccc12. The van der Waals surface area contributed by atoms with Crippen LogP contribution in [-0.2, 0) is 0 Å². The maximum absolute atomic E-state index is 5.48. The van der Waals surface area contributed by atoms with Crippen LogP contribution in [0.5, 0.6) is 0 Å². The highest BCUT2D eigenvalue weighted by Crippen LogP contribution is 2.45. The van der Waals surface area contributed by atoms with Gasteiger partial charge in [0.25, 0.3) is 0 Å². The lowest BCUT2D eigenvalue weighted by atomic mass is 9.86. The third-order valence-electron chi connectivity index (χ3n) is 7.97. The molecule has 0 aliphatic carbocycles. The molecule has 0 bridgehead atoms. The predicted molar refractivity (Wildman–Crippen MR) is 166 cm³/mol. The van der Waals surface area contributed by atoms with Crippen molar-refractivity contribution >= 4 is 59.8 Å². The number of hydrogen-bond donors (Lipinski definition) is 0. The Kier molecular flexibility index (Phi) is 5.13. The zero-order valence-corrected chi connectivity index (χ0v) is 22.3. The second-order valence-corrected chi connectivity index (χ2v) is 10.8. The van der Waals surface area contributed by atoms with E-state index in [0.717, 1.165) is 11.0 Å². The number of pyridine rings is 1. The second-order valence-electron chi connectivity index (χ2n) is 10.8. The largest absolute Gasteiger partial charge is 0.377 e. The van der Waals surface area contributed by atoms with E-state index in [1.165, 1.54) is 65.5 Å². The summed E-state index contributed by atoms with van der Waals surface area (Å²) in [6, 6.07) is 37.6. The van der Waals surface area contributed by atoms with Gasteiger partial charge in [-0.1, -0.05) is 105 Å². The Morgan fingerprint density at radius 1 is 0.553 bits per heavy atom. The quantitative estimate of drug-likeness (QED) is 0.181. The van der Waals surface area contributed by atoms with Crippen LogP contribution in [0.4, 0.5) is 5.69 Å². The van der Waals surface area contributed by atoms with E-state index in [4.69, 9.17) is 4.98 Å². The molecule has 0 spiro atoms. The van der Waals surface area contributed by atoms with E-state index in [-0.39, 0.29) is 0 Å². The van der Waals surface area contributed by atoms with Crippen LogP contribution in [0.25, 0.3) is 65.3 Å². The van der Waals surface area contributed by atoms with Crippen molar-refractivity contribution in [2.75, 3.05) is 19.0 Å². The summed E-state index contributed by atoms with van der Waals surface area (Å²) < 4.78 is 0. The van der Waals surface area contributed by atoms with Gasteiger partial charge in [-0.05, 0) is 45.3 Å². The lowest BCUT2D eigenvalue weighted by Crippen LogP contribution is -2.09. The monoisotopic (exact) mass is 490 g/mol. The molecule has 38 heavy (non-hydrogen) atoms. The highest BCUT2D eigenvalue weighted by molar-refractivity contribution is 6.25. The first-order valence-corrected chi connectivity index (χ1v) is 13.4. The minimum absolute atomic E-state index is 0.398. The summed E-state index contributed by atoms with van der Waals surface area (Å²) in [6.07, 6.45) is 0. The maximum atomic E-state index is 5.48. The number of fused-ring (bicyclic) bond motifs is 7. The first-order valence-electron chi connectivity index (χ1n) is 13.4. The highest BCUT2D eigenvalue weighted by atomic mass is 15.1. The molecule has 0 amide bonds. The summed E-state index contributed by atoms with van der Waals surface area (Å²) in [4.78, 5) is 7.70.